The van der Waals surface area contributed by atoms with Gasteiger partial charge in [0.25, 0.3) is 0 Å². The third-order valence-corrected chi connectivity index (χ3v) is 4.53. The summed E-state index contributed by atoms with van der Waals surface area (Å²) in [5.74, 6) is -0.195. The molecule has 3 aromatic rings. The van der Waals surface area contributed by atoms with Gasteiger partial charge in [-0.3, -0.25) is 4.79 Å². The number of pyridine rings is 1. The quantitative estimate of drug-likeness (QED) is 0.505. The van der Waals surface area contributed by atoms with E-state index in [0.29, 0.717) is 41.1 Å². The van der Waals surface area contributed by atoms with E-state index in [4.69, 9.17) is 4.74 Å². The summed E-state index contributed by atoms with van der Waals surface area (Å²) in [7, 11) is 0. The number of hydrogen-bond acceptors (Lipinski definition) is 5. The Morgan fingerprint density at radius 1 is 1.06 bits per heavy atom. The fourth-order valence-electron chi connectivity index (χ4n) is 3.04. The molecule has 7 nitrogen and oxygen atoms in total. The van der Waals surface area contributed by atoms with E-state index >= 15 is 0 Å². The molecule has 0 unspecified atom stereocenters. The topological polar surface area (TPSA) is 92.7 Å². The summed E-state index contributed by atoms with van der Waals surface area (Å²) in [6.45, 7) is 0. The first-order valence-corrected chi connectivity index (χ1v) is 9.46. The van der Waals surface area contributed by atoms with Crippen molar-refractivity contribution < 1.29 is 31.9 Å². The van der Waals surface area contributed by atoms with Crippen LogP contribution in [-0.4, -0.2) is 23.0 Å². The number of nitrogens with zero attached hydrogens (tertiary/aromatic N) is 2. The molecule has 11 heteroatoms. The number of benzene rings is 2. The molecule has 2 N–H and O–H groups in total. The van der Waals surface area contributed by atoms with Gasteiger partial charge in [-0.25, -0.2) is 19.2 Å². The van der Waals surface area contributed by atoms with Gasteiger partial charge in [0.1, 0.15) is 17.3 Å². The Morgan fingerprint density at radius 3 is 2.67 bits per heavy atom. The maximum Gasteiger partial charge on any atom is 0.416 e. The zero-order valence-electron chi connectivity index (χ0n) is 16.6. The minimum absolute atomic E-state index is 0.0743. The van der Waals surface area contributed by atoms with E-state index in [9.17, 15) is 27.2 Å². The molecule has 33 heavy (non-hydrogen) atoms. The van der Waals surface area contributed by atoms with Crippen LogP contribution in [0.4, 0.5) is 39.5 Å². The van der Waals surface area contributed by atoms with Gasteiger partial charge >= 0.3 is 12.2 Å². The lowest BCUT2D eigenvalue weighted by Gasteiger charge is -2.15. The highest BCUT2D eigenvalue weighted by Crippen LogP contribution is 2.34. The fourth-order valence-corrected chi connectivity index (χ4v) is 3.04. The predicted molar refractivity (Wildman–Crippen MR) is 112 cm³/mol. The van der Waals surface area contributed by atoms with Crippen molar-refractivity contribution >= 4 is 35.2 Å². The predicted octanol–water partition coefficient (Wildman–Crippen LogP) is 5.50. The maximum atomic E-state index is 13.9. The molecule has 168 valence electrons. The molecule has 0 radical (unpaired) electrons. The van der Waals surface area contributed by atoms with Crippen LogP contribution in [0.1, 0.15) is 11.1 Å². The van der Waals surface area contributed by atoms with Crippen molar-refractivity contribution in [3.8, 4) is 11.5 Å². The number of ketones is 1. The number of Topliss-reactive ketones (excluding diaryl/α,β-unsaturated/α-hetero) is 1. The summed E-state index contributed by atoms with van der Waals surface area (Å²) in [5.41, 5.74) is -0.975. The Balaban J connectivity index is 1.48. The molecule has 2 aromatic carbocycles. The van der Waals surface area contributed by atoms with Crippen molar-refractivity contribution in [2.75, 3.05) is 10.6 Å². The second-order valence-corrected chi connectivity index (χ2v) is 6.91. The Bertz CT molecular complexity index is 1270. The monoisotopic (exact) mass is 458 g/mol. The van der Waals surface area contributed by atoms with E-state index in [1.165, 1.54) is 24.5 Å². The van der Waals surface area contributed by atoms with Crippen LogP contribution in [0.2, 0.25) is 0 Å². The summed E-state index contributed by atoms with van der Waals surface area (Å²) in [4.78, 5) is 32.0. The van der Waals surface area contributed by atoms with Gasteiger partial charge in [0.05, 0.1) is 17.5 Å². The number of nitrogens with one attached hydrogen (secondary N) is 2. The Morgan fingerprint density at radius 2 is 1.88 bits per heavy atom. The lowest BCUT2D eigenvalue weighted by atomic mass is 10.1. The number of urea groups is 1. The second kappa shape index (κ2) is 8.69. The number of anilines is 2. The summed E-state index contributed by atoms with van der Waals surface area (Å²) in [5, 5.41) is 4.46. The highest BCUT2D eigenvalue weighted by Gasteiger charge is 2.31. The Hall–Kier alpha value is -4.28. The van der Waals surface area contributed by atoms with Crippen LogP contribution in [0.5, 0.6) is 11.5 Å². The highest BCUT2D eigenvalue weighted by atomic mass is 19.4. The molecule has 0 saturated heterocycles. The number of carbonyl (C=O) groups excluding carboxylic acids is 2. The molecular weight excluding hydrogens is 444 g/mol. The first-order valence-electron chi connectivity index (χ1n) is 9.46. The standard InChI is InChI=1S/C22H14F4N4O3/c23-17-5-4-12(22(24,25)26)8-18(17)30-21(32)29-13-2-1-3-15(9-13)33-19-6-7-27-20-16(19)10-14(31)11-28-20/h1-9,11H,10H2,(H2,29,30,32). The number of rotatable bonds is 4. The number of halogens is 4. The van der Waals surface area contributed by atoms with Crippen LogP contribution in [0, 0.1) is 5.82 Å². The zero-order chi connectivity index (χ0) is 23.6. The van der Waals surface area contributed by atoms with E-state index in [2.05, 4.69) is 20.6 Å². The van der Waals surface area contributed by atoms with Gasteiger partial charge in [0, 0.05) is 29.9 Å². The van der Waals surface area contributed by atoms with Crippen molar-refractivity contribution in [3.05, 3.63) is 71.7 Å². The molecule has 1 aliphatic heterocycles. The van der Waals surface area contributed by atoms with Crippen LogP contribution >= 0.6 is 0 Å². The smallest absolute Gasteiger partial charge is 0.416 e. The molecule has 0 saturated carbocycles. The van der Waals surface area contributed by atoms with Crippen molar-refractivity contribution in [2.45, 2.75) is 12.6 Å². The summed E-state index contributed by atoms with van der Waals surface area (Å²) >= 11 is 0. The van der Waals surface area contributed by atoms with E-state index < -0.39 is 29.3 Å². The number of amides is 2. The van der Waals surface area contributed by atoms with Crippen molar-refractivity contribution in [3.63, 3.8) is 0 Å². The Kier molecular flexibility index (Phi) is 5.78. The molecule has 2 heterocycles. The molecule has 1 aliphatic rings. The number of carbonyl (C=O) groups is 2. The van der Waals surface area contributed by atoms with Crippen molar-refractivity contribution in [2.24, 2.45) is 4.99 Å². The molecule has 0 bridgehead atoms. The van der Waals surface area contributed by atoms with Crippen LogP contribution < -0.4 is 15.4 Å². The number of ether oxygens (including phenoxy) is 1. The van der Waals surface area contributed by atoms with Gasteiger partial charge in [-0.1, -0.05) is 6.07 Å². The van der Waals surface area contributed by atoms with Crippen LogP contribution in [0.25, 0.3) is 0 Å². The minimum Gasteiger partial charge on any atom is -0.457 e. The van der Waals surface area contributed by atoms with Crippen LogP contribution in [0.15, 0.2) is 59.7 Å². The number of fused-ring (bicyclic) bond motifs is 1. The Labute approximate surface area is 184 Å². The van der Waals surface area contributed by atoms with E-state index in [-0.39, 0.29) is 17.9 Å². The molecule has 2 amide bonds. The lowest BCUT2D eigenvalue weighted by Crippen LogP contribution is -2.20. The fraction of sp³-hybridized carbons (Fsp3) is 0.0909. The van der Waals surface area contributed by atoms with Crippen molar-refractivity contribution in [1.82, 2.24) is 4.98 Å². The summed E-state index contributed by atoms with van der Waals surface area (Å²) < 4.78 is 58.2. The van der Waals surface area contributed by atoms with Gasteiger partial charge < -0.3 is 15.4 Å². The van der Waals surface area contributed by atoms with Gasteiger partial charge in [-0.2, -0.15) is 13.2 Å². The molecule has 4 rings (SSSR count). The second-order valence-electron chi connectivity index (χ2n) is 6.91. The molecule has 0 spiro atoms. The molecular formula is C22H14F4N4O3. The van der Waals surface area contributed by atoms with Crippen LogP contribution in [0.3, 0.4) is 0 Å². The number of aromatic nitrogens is 1. The minimum atomic E-state index is -4.69. The average molecular weight is 458 g/mol. The average Bonchev–Trinajstić information content (AvgIpc) is 2.75. The molecule has 0 atom stereocenters. The van der Waals surface area contributed by atoms with E-state index in [1.807, 2.05) is 0 Å². The molecule has 0 aliphatic carbocycles. The van der Waals surface area contributed by atoms with Crippen molar-refractivity contribution in [1.29, 1.82) is 0 Å². The largest absolute Gasteiger partial charge is 0.457 e. The number of hydrogen-bond donors (Lipinski definition) is 2. The normalized spacial score (nSPS) is 12.8. The first kappa shape index (κ1) is 21.9. The lowest BCUT2D eigenvalue weighted by molar-refractivity contribution is -0.137. The van der Waals surface area contributed by atoms with E-state index in [1.54, 1.807) is 18.2 Å². The third kappa shape index (κ3) is 5.14. The van der Waals surface area contributed by atoms with Gasteiger partial charge in [-0.05, 0) is 36.4 Å². The molecule has 1 aromatic heterocycles. The van der Waals surface area contributed by atoms with Gasteiger partial charge in [0.2, 0.25) is 0 Å². The number of aliphatic imine (C=N–C) groups is 1. The highest BCUT2D eigenvalue weighted by molar-refractivity contribution is 6.29. The molecule has 0 fully saturated rings. The third-order valence-electron chi connectivity index (χ3n) is 4.53. The first-order chi connectivity index (χ1) is 15.7. The summed E-state index contributed by atoms with van der Waals surface area (Å²) in [6, 6.07) is 8.43. The maximum absolute atomic E-state index is 13.9. The van der Waals surface area contributed by atoms with Gasteiger partial charge in [-0.15, -0.1) is 0 Å². The SMILES string of the molecule is O=C1C=Nc2nccc(Oc3cccc(NC(=O)Nc4cc(C(F)(F)F)ccc4F)c3)c2C1. The summed E-state index contributed by atoms with van der Waals surface area (Å²) in [6.07, 6.45) is -1.95. The zero-order valence-corrected chi connectivity index (χ0v) is 16.6. The van der Waals surface area contributed by atoms with E-state index in [0.717, 1.165) is 0 Å². The number of alkyl halides is 3. The van der Waals surface area contributed by atoms with Gasteiger partial charge in [0.15, 0.2) is 11.6 Å². The van der Waals surface area contributed by atoms with Crippen LogP contribution in [-0.2, 0) is 17.4 Å².